The summed E-state index contributed by atoms with van der Waals surface area (Å²) in [4.78, 5) is 15.2. The molecule has 0 saturated heterocycles. The van der Waals surface area contributed by atoms with Crippen LogP contribution in [0.5, 0.6) is 0 Å². The normalized spacial score (nSPS) is 10.8. The van der Waals surface area contributed by atoms with Crippen LogP contribution in [-0.4, -0.2) is 26.4 Å². The van der Waals surface area contributed by atoms with E-state index >= 15 is 0 Å². The molecule has 1 N–H and O–H groups in total. The molecule has 0 spiro atoms. The Bertz CT molecular complexity index is 651. The maximum Gasteiger partial charge on any atom is 0.313 e. The number of carboxylic acids is 1. The lowest BCUT2D eigenvalue weighted by molar-refractivity contribution is -0.133. The Morgan fingerprint density at radius 3 is 2.95 bits per heavy atom. The van der Waals surface area contributed by atoms with Gasteiger partial charge in [-0.2, -0.15) is 0 Å². The monoisotopic (exact) mass is 340 g/mol. The molecule has 1 aromatic carbocycles. The highest BCUT2D eigenvalue weighted by Gasteiger charge is 2.13. The van der Waals surface area contributed by atoms with Crippen LogP contribution >= 0.6 is 27.7 Å². The number of imidazole rings is 1. The lowest BCUT2D eigenvalue weighted by atomic mass is 10.2. The summed E-state index contributed by atoms with van der Waals surface area (Å²) in [5.74, 6) is -0.852. The first-order valence-corrected chi connectivity index (χ1v) is 7.40. The number of rotatable bonds is 5. The number of carbonyl (C=O) groups is 1. The van der Waals surface area contributed by atoms with Crippen LogP contribution in [0, 0.1) is 6.92 Å². The van der Waals surface area contributed by atoms with Crippen LogP contribution in [0.2, 0.25) is 0 Å². The molecule has 0 unspecified atom stereocenters. The third kappa shape index (κ3) is 3.39. The van der Waals surface area contributed by atoms with Gasteiger partial charge >= 0.3 is 5.97 Å². The number of carboxylic acid groups (broad SMARTS) is 1. The van der Waals surface area contributed by atoms with Gasteiger partial charge in [-0.1, -0.05) is 40.3 Å². The Kier molecular flexibility index (Phi) is 4.31. The maximum atomic E-state index is 10.7. The number of aryl methyl sites for hydroxylation is 1. The van der Waals surface area contributed by atoms with Crippen molar-refractivity contribution in [3.05, 3.63) is 34.8 Å². The van der Waals surface area contributed by atoms with E-state index in [1.54, 1.807) is 0 Å². The van der Waals surface area contributed by atoms with Crippen LogP contribution in [0.4, 0.5) is 0 Å². The summed E-state index contributed by atoms with van der Waals surface area (Å²) < 4.78 is 2.80. The fourth-order valence-electron chi connectivity index (χ4n) is 1.77. The summed E-state index contributed by atoms with van der Waals surface area (Å²) >= 11 is 4.56. The van der Waals surface area contributed by atoms with Crippen molar-refractivity contribution in [1.82, 2.24) is 9.55 Å². The van der Waals surface area contributed by atoms with Crippen molar-refractivity contribution in [3.8, 4) is 0 Å². The molecule has 0 fully saturated rings. The molecule has 4 nitrogen and oxygen atoms in total. The third-order valence-electron chi connectivity index (χ3n) is 2.52. The van der Waals surface area contributed by atoms with Gasteiger partial charge in [0.05, 0.1) is 23.3 Å². The third-order valence-corrected chi connectivity index (χ3v) is 3.74. The summed E-state index contributed by atoms with van der Waals surface area (Å²) in [7, 11) is 0. The first-order chi connectivity index (χ1) is 8.97. The molecular formula is C13H13BrN2O2S. The van der Waals surface area contributed by atoms with Crippen molar-refractivity contribution in [3.63, 3.8) is 0 Å². The van der Waals surface area contributed by atoms with Gasteiger partial charge < -0.3 is 9.67 Å². The minimum atomic E-state index is -0.850. The Hall–Kier alpha value is -1.27. The predicted molar refractivity (Wildman–Crippen MR) is 80.9 cm³/mol. The number of fused-ring (bicyclic) bond motifs is 1. The van der Waals surface area contributed by atoms with Crippen molar-refractivity contribution in [2.75, 3.05) is 5.75 Å². The molecule has 0 amide bonds. The summed E-state index contributed by atoms with van der Waals surface area (Å²) in [5, 5.41) is 9.48. The molecule has 2 aromatic rings. The molecule has 100 valence electrons. The molecule has 0 aliphatic heterocycles. The number of benzene rings is 1. The first-order valence-electron chi connectivity index (χ1n) is 5.62. The smallest absolute Gasteiger partial charge is 0.313 e. The topological polar surface area (TPSA) is 55.1 Å². The fraction of sp³-hybridized carbons (Fsp3) is 0.231. The fourth-order valence-corrected chi connectivity index (χ4v) is 2.76. The van der Waals surface area contributed by atoms with E-state index in [0.29, 0.717) is 11.7 Å². The van der Waals surface area contributed by atoms with E-state index in [0.717, 1.165) is 21.1 Å². The highest BCUT2D eigenvalue weighted by Crippen LogP contribution is 2.26. The first kappa shape index (κ1) is 14.1. The van der Waals surface area contributed by atoms with E-state index in [1.807, 2.05) is 29.7 Å². The quantitative estimate of drug-likeness (QED) is 0.847. The van der Waals surface area contributed by atoms with E-state index in [4.69, 9.17) is 5.11 Å². The van der Waals surface area contributed by atoms with Crippen LogP contribution in [0.15, 0.2) is 34.4 Å². The number of hydrogen-bond donors (Lipinski definition) is 1. The second kappa shape index (κ2) is 5.79. The molecule has 19 heavy (non-hydrogen) atoms. The van der Waals surface area contributed by atoms with Crippen molar-refractivity contribution in [2.24, 2.45) is 0 Å². The minimum Gasteiger partial charge on any atom is -0.481 e. The predicted octanol–water partition coefficient (Wildman–Crippen LogP) is 3.43. The molecule has 0 bridgehead atoms. The number of nitrogens with zero attached hydrogens (tertiary/aromatic N) is 2. The van der Waals surface area contributed by atoms with Crippen molar-refractivity contribution < 1.29 is 9.90 Å². The highest BCUT2D eigenvalue weighted by atomic mass is 79.9. The molecule has 0 saturated carbocycles. The molecule has 0 aliphatic carbocycles. The van der Waals surface area contributed by atoms with Crippen LogP contribution < -0.4 is 0 Å². The summed E-state index contributed by atoms with van der Waals surface area (Å²) in [6.45, 7) is 6.43. The second-order valence-corrected chi connectivity index (χ2v) is 6.24. The molecule has 0 aliphatic rings. The minimum absolute atomic E-state index is 0.00291. The van der Waals surface area contributed by atoms with E-state index < -0.39 is 5.97 Å². The van der Waals surface area contributed by atoms with Gasteiger partial charge in [0.1, 0.15) is 0 Å². The molecule has 2 rings (SSSR count). The van der Waals surface area contributed by atoms with Gasteiger partial charge in [0.15, 0.2) is 5.16 Å². The average Bonchev–Trinajstić information content (AvgIpc) is 2.64. The standard InChI is InChI=1S/C13H13BrN2O2S/c1-8-3-4-10-11(5-8)16(6-9(2)14)13(15-10)19-7-12(17)18/h3-5H,2,6-7H2,1H3,(H,17,18). The largest absolute Gasteiger partial charge is 0.481 e. The Morgan fingerprint density at radius 1 is 1.58 bits per heavy atom. The SMILES string of the molecule is C=C(Br)Cn1c(SCC(=O)O)nc2ccc(C)cc21. The molecule has 1 aromatic heterocycles. The van der Waals surface area contributed by atoms with Gasteiger partial charge in [0.25, 0.3) is 0 Å². The number of halogens is 1. The van der Waals surface area contributed by atoms with Crippen molar-refractivity contribution >= 4 is 44.7 Å². The van der Waals surface area contributed by atoms with Gasteiger partial charge in [0, 0.05) is 4.48 Å². The molecule has 1 heterocycles. The number of aliphatic carboxylic acids is 1. The van der Waals surface area contributed by atoms with Crippen molar-refractivity contribution in [2.45, 2.75) is 18.6 Å². The van der Waals surface area contributed by atoms with Crippen LogP contribution in [0.1, 0.15) is 5.56 Å². The van der Waals surface area contributed by atoms with E-state index in [-0.39, 0.29) is 5.75 Å². The highest BCUT2D eigenvalue weighted by molar-refractivity contribution is 9.11. The zero-order valence-corrected chi connectivity index (χ0v) is 12.8. The van der Waals surface area contributed by atoms with E-state index in [2.05, 4.69) is 27.5 Å². The molecule has 0 atom stereocenters. The summed E-state index contributed by atoms with van der Waals surface area (Å²) in [6.07, 6.45) is 0. The lowest BCUT2D eigenvalue weighted by Crippen LogP contribution is -2.03. The van der Waals surface area contributed by atoms with Gasteiger partial charge in [-0.05, 0) is 24.6 Å². The molecular weight excluding hydrogens is 328 g/mol. The van der Waals surface area contributed by atoms with E-state index in [9.17, 15) is 4.79 Å². The number of allylic oxidation sites excluding steroid dienone is 1. The van der Waals surface area contributed by atoms with Crippen molar-refractivity contribution in [1.29, 1.82) is 0 Å². The Balaban J connectivity index is 2.48. The second-order valence-electron chi connectivity index (χ2n) is 4.17. The zero-order valence-electron chi connectivity index (χ0n) is 10.4. The average molecular weight is 341 g/mol. The van der Waals surface area contributed by atoms with Crippen LogP contribution in [0.25, 0.3) is 11.0 Å². The summed E-state index contributed by atoms with van der Waals surface area (Å²) in [6, 6.07) is 5.99. The van der Waals surface area contributed by atoms with E-state index in [1.165, 1.54) is 11.8 Å². The van der Waals surface area contributed by atoms with Gasteiger partial charge in [0.2, 0.25) is 0 Å². The Morgan fingerprint density at radius 2 is 2.32 bits per heavy atom. The van der Waals surface area contributed by atoms with Crippen LogP contribution in [-0.2, 0) is 11.3 Å². The molecule has 0 radical (unpaired) electrons. The number of thioether (sulfide) groups is 1. The maximum absolute atomic E-state index is 10.7. The van der Waals surface area contributed by atoms with Gasteiger partial charge in [-0.25, -0.2) is 4.98 Å². The summed E-state index contributed by atoms with van der Waals surface area (Å²) in [5.41, 5.74) is 3.00. The number of hydrogen-bond acceptors (Lipinski definition) is 3. The Labute approximate surface area is 123 Å². The number of aromatic nitrogens is 2. The molecule has 6 heteroatoms. The van der Waals surface area contributed by atoms with Crippen LogP contribution in [0.3, 0.4) is 0 Å². The van der Waals surface area contributed by atoms with Gasteiger partial charge in [-0.3, -0.25) is 4.79 Å². The lowest BCUT2D eigenvalue weighted by Gasteiger charge is -2.07. The zero-order chi connectivity index (χ0) is 14.0. The van der Waals surface area contributed by atoms with Gasteiger partial charge in [-0.15, -0.1) is 0 Å².